The monoisotopic (exact) mass is 495 g/mol. The summed E-state index contributed by atoms with van der Waals surface area (Å²) in [4.78, 5) is 27.5. The molecule has 1 aliphatic heterocycles. The number of aliphatic hydroxyl groups is 1. The molecule has 2 aromatic carbocycles. The van der Waals surface area contributed by atoms with E-state index in [1.165, 1.54) is 12.1 Å². The Morgan fingerprint density at radius 3 is 2.44 bits per heavy atom. The predicted molar refractivity (Wildman–Crippen MR) is 138 cm³/mol. The summed E-state index contributed by atoms with van der Waals surface area (Å²) in [5, 5.41) is 16.9. The van der Waals surface area contributed by atoms with Gasteiger partial charge in [-0.05, 0) is 55.4 Å². The molecule has 2 aromatic rings. The standard InChI is InChI=1S/C29H38FN3O3/c30-24-10-6-9-23(20-24)26(32-28(35)21-29(36)14-4-5-15-29)13-18-33-16-11-25(12-17-33)31-27(34)19-22-7-2-1-3-8-22/h1-3,6-10,20,25-26,36H,4-5,11-19,21H2,(H,31,34)(H,32,35)/t26-/m0/s1. The van der Waals surface area contributed by atoms with E-state index in [2.05, 4.69) is 15.5 Å². The van der Waals surface area contributed by atoms with Crippen molar-refractivity contribution in [2.45, 2.75) is 75.5 Å². The van der Waals surface area contributed by atoms with Gasteiger partial charge in [0.2, 0.25) is 11.8 Å². The highest BCUT2D eigenvalue weighted by Crippen LogP contribution is 2.32. The van der Waals surface area contributed by atoms with Gasteiger partial charge in [0.15, 0.2) is 0 Å². The molecule has 1 aliphatic carbocycles. The van der Waals surface area contributed by atoms with Gasteiger partial charge < -0.3 is 20.6 Å². The van der Waals surface area contributed by atoms with Crippen molar-refractivity contribution in [3.8, 4) is 0 Å². The van der Waals surface area contributed by atoms with Crippen molar-refractivity contribution in [2.75, 3.05) is 19.6 Å². The molecule has 6 nitrogen and oxygen atoms in total. The molecule has 0 unspecified atom stereocenters. The minimum Gasteiger partial charge on any atom is -0.389 e. The van der Waals surface area contributed by atoms with Crippen LogP contribution in [0.2, 0.25) is 0 Å². The van der Waals surface area contributed by atoms with E-state index in [0.717, 1.165) is 56.4 Å². The molecule has 0 radical (unpaired) electrons. The Kier molecular flexibility index (Phi) is 9.10. The summed E-state index contributed by atoms with van der Waals surface area (Å²) < 4.78 is 13.9. The Bertz CT molecular complexity index is 1000. The van der Waals surface area contributed by atoms with E-state index < -0.39 is 5.60 Å². The lowest BCUT2D eigenvalue weighted by Gasteiger charge is -2.33. The zero-order chi connectivity index (χ0) is 25.4. The molecule has 0 aromatic heterocycles. The number of benzene rings is 2. The molecule has 3 N–H and O–H groups in total. The molecule has 0 bridgehead atoms. The van der Waals surface area contributed by atoms with Crippen LogP contribution in [-0.2, 0) is 16.0 Å². The summed E-state index contributed by atoms with van der Waals surface area (Å²) in [7, 11) is 0. The highest BCUT2D eigenvalue weighted by molar-refractivity contribution is 5.79. The summed E-state index contributed by atoms with van der Waals surface area (Å²) in [6, 6.07) is 16.0. The first-order chi connectivity index (χ1) is 17.4. The van der Waals surface area contributed by atoms with Crippen molar-refractivity contribution < 1.29 is 19.1 Å². The third-order valence-electron chi connectivity index (χ3n) is 7.50. The van der Waals surface area contributed by atoms with Crippen LogP contribution in [-0.4, -0.2) is 53.1 Å². The third kappa shape index (κ3) is 7.87. The maximum atomic E-state index is 13.9. The van der Waals surface area contributed by atoms with E-state index in [1.807, 2.05) is 36.4 Å². The number of nitrogens with zero attached hydrogens (tertiary/aromatic N) is 1. The van der Waals surface area contributed by atoms with Crippen LogP contribution in [0.3, 0.4) is 0 Å². The molecule has 7 heteroatoms. The first kappa shape index (κ1) is 26.3. The number of halogens is 1. The number of hydrogen-bond donors (Lipinski definition) is 3. The summed E-state index contributed by atoms with van der Waals surface area (Å²) in [5.41, 5.74) is 0.839. The topological polar surface area (TPSA) is 81.7 Å². The molecule has 0 spiro atoms. The number of carbonyl (C=O) groups is 2. The number of likely N-dealkylation sites (tertiary alicyclic amines) is 1. The molecule has 36 heavy (non-hydrogen) atoms. The summed E-state index contributed by atoms with van der Waals surface area (Å²) >= 11 is 0. The van der Waals surface area contributed by atoms with Crippen LogP contribution in [0.15, 0.2) is 54.6 Å². The minimum absolute atomic E-state index is 0.0532. The Hall–Kier alpha value is -2.77. The van der Waals surface area contributed by atoms with Crippen molar-refractivity contribution in [3.63, 3.8) is 0 Å². The first-order valence-electron chi connectivity index (χ1n) is 13.2. The molecule has 1 saturated carbocycles. The summed E-state index contributed by atoms with van der Waals surface area (Å²) in [6.07, 6.45) is 6.09. The van der Waals surface area contributed by atoms with Gasteiger partial charge in [-0.1, -0.05) is 55.3 Å². The predicted octanol–water partition coefficient (Wildman–Crippen LogP) is 3.89. The number of hydrogen-bond acceptors (Lipinski definition) is 4. The molecule has 1 heterocycles. The van der Waals surface area contributed by atoms with Crippen LogP contribution in [0.25, 0.3) is 0 Å². The van der Waals surface area contributed by atoms with Crippen LogP contribution in [0.1, 0.15) is 68.5 Å². The maximum Gasteiger partial charge on any atom is 0.224 e. The first-order valence-corrected chi connectivity index (χ1v) is 13.2. The van der Waals surface area contributed by atoms with E-state index in [4.69, 9.17) is 0 Å². The Labute approximate surface area is 213 Å². The zero-order valence-electron chi connectivity index (χ0n) is 20.9. The third-order valence-corrected chi connectivity index (χ3v) is 7.50. The highest BCUT2D eigenvalue weighted by Gasteiger charge is 2.34. The van der Waals surface area contributed by atoms with Gasteiger partial charge in [0.05, 0.1) is 24.5 Å². The average molecular weight is 496 g/mol. The minimum atomic E-state index is -0.913. The van der Waals surface area contributed by atoms with E-state index in [1.54, 1.807) is 6.07 Å². The van der Waals surface area contributed by atoms with Crippen molar-refractivity contribution in [2.24, 2.45) is 0 Å². The quantitative estimate of drug-likeness (QED) is 0.467. The maximum absolute atomic E-state index is 13.9. The lowest BCUT2D eigenvalue weighted by atomic mass is 9.96. The van der Waals surface area contributed by atoms with Crippen LogP contribution in [0, 0.1) is 5.82 Å². The lowest BCUT2D eigenvalue weighted by Crippen LogP contribution is -2.45. The van der Waals surface area contributed by atoms with Gasteiger partial charge >= 0.3 is 0 Å². The van der Waals surface area contributed by atoms with E-state index in [-0.39, 0.29) is 36.1 Å². The fourth-order valence-corrected chi connectivity index (χ4v) is 5.47. The van der Waals surface area contributed by atoms with Gasteiger partial charge in [-0.15, -0.1) is 0 Å². The van der Waals surface area contributed by atoms with Crippen LogP contribution >= 0.6 is 0 Å². The zero-order valence-corrected chi connectivity index (χ0v) is 20.9. The molecular weight excluding hydrogens is 457 g/mol. The lowest BCUT2D eigenvalue weighted by molar-refractivity contribution is -0.126. The fraction of sp³-hybridized carbons (Fsp3) is 0.517. The van der Waals surface area contributed by atoms with Crippen LogP contribution in [0.4, 0.5) is 4.39 Å². The molecule has 2 amide bonds. The van der Waals surface area contributed by atoms with E-state index >= 15 is 0 Å². The van der Waals surface area contributed by atoms with Crippen molar-refractivity contribution in [1.29, 1.82) is 0 Å². The molecule has 1 atom stereocenters. The van der Waals surface area contributed by atoms with Gasteiger partial charge in [-0.25, -0.2) is 4.39 Å². The van der Waals surface area contributed by atoms with Crippen LogP contribution < -0.4 is 10.6 Å². The number of carbonyl (C=O) groups excluding carboxylic acids is 2. The van der Waals surface area contributed by atoms with Crippen molar-refractivity contribution >= 4 is 11.8 Å². The number of piperidine rings is 1. The smallest absolute Gasteiger partial charge is 0.224 e. The van der Waals surface area contributed by atoms with Crippen molar-refractivity contribution in [1.82, 2.24) is 15.5 Å². The van der Waals surface area contributed by atoms with Gasteiger partial charge in [0, 0.05) is 25.7 Å². The number of amides is 2. The molecule has 4 rings (SSSR count). The van der Waals surface area contributed by atoms with E-state index in [9.17, 15) is 19.1 Å². The van der Waals surface area contributed by atoms with E-state index in [0.29, 0.717) is 25.7 Å². The van der Waals surface area contributed by atoms with Crippen molar-refractivity contribution in [3.05, 3.63) is 71.5 Å². The normalized spacial score (nSPS) is 19.1. The number of rotatable bonds is 10. The largest absolute Gasteiger partial charge is 0.389 e. The van der Waals surface area contributed by atoms with Gasteiger partial charge in [0.25, 0.3) is 0 Å². The summed E-state index contributed by atoms with van der Waals surface area (Å²) in [5.74, 6) is -0.459. The second-order valence-corrected chi connectivity index (χ2v) is 10.4. The van der Waals surface area contributed by atoms with Crippen LogP contribution in [0.5, 0.6) is 0 Å². The van der Waals surface area contributed by atoms with Gasteiger partial charge in [0.1, 0.15) is 5.82 Å². The molecule has 194 valence electrons. The Morgan fingerprint density at radius 1 is 1.03 bits per heavy atom. The second-order valence-electron chi connectivity index (χ2n) is 10.4. The second kappa shape index (κ2) is 12.5. The molecule has 2 aliphatic rings. The average Bonchev–Trinajstić information content (AvgIpc) is 3.28. The number of nitrogens with one attached hydrogen (secondary N) is 2. The molecule has 2 fully saturated rings. The Balaban J connectivity index is 1.26. The summed E-state index contributed by atoms with van der Waals surface area (Å²) in [6.45, 7) is 2.48. The van der Waals surface area contributed by atoms with Gasteiger partial charge in [-0.3, -0.25) is 9.59 Å². The SMILES string of the molecule is O=C(Cc1ccccc1)NC1CCN(CC[C@H](NC(=O)CC2(O)CCCC2)c2cccc(F)c2)CC1. The fourth-order valence-electron chi connectivity index (χ4n) is 5.47. The highest BCUT2D eigenvalue weighted by atomic mass is 19.1. The molecular formula is C29H38FN3O3. The molecule has 1 saturated heterocycles. The van der Waals surface area contributed by atoms with Gasteiger partial charge in [-0.2, -0.15) is 0 Å². The Morgan fingerprint density at radius 2 is 1.75 bits per heavy atom.